The number of halogens is 1. The van der Waals surface area contributed by atoms with E-state index in [0.717, 1.165) is 36.4 Å². The Hall–Kier alpha value is -1.42. The fraction of sp³-hybridized carbons (Fsp3) is 0.533. The van der Waals surface area contributed by atoms with Crippen molar-refractivity contribution >= 4 is 11.0 Å². The minimum atomic E-state index is -0.214. The van der Waals surface area contributed by atoms with Crippen LogP contribution in [0.2, 0.25) is 0 Å². The van der Waals surface area contributed by atoms with Crippen LogP contribution in [0.3, 0.4) is 0 Å². The SMILES string of the molecule is CCC(c1nc2ccc(F)cc2[nH]1)N1CCCCC1. The lowest BCUT2D eigenvalue weighted by atomic mass is 10.1. The lowest BCUT2D eigenvalue weighted by Gasteiger charge is -2.32. The van der Waals surface area contributed by atoms with Crippen molar-refractivity contribution in [3.05, 3.63) is 29.8 Å². The van der Waals surface area contributed by atoms with Crippen LogP contribution in [0.25, 0.3) is 11.0 Å². The van der Waals surface area contributed by atoms with Crippen molar-refractivity contribution in [2.45, 2.75) is 38.6 Å². The molecule has 0 spiro atoms. The topological polar surface area (TPSA) is 31.9 Å². The molecule has 2 aromatic rings. The summed E-state index contributed by atoms with van der Waals surface area (Å²) in [4.78, 5) is 10.4. The number of piperidine rings is 1. The molecule has 1 unspecified atom stereocenters. The van der Waals surface area contributed by atoms with Gasteiger partial charge in [-0.3, -0.25) is 4.90 Å². The van der Waals surface area contributed by atoms with Crippen LogP contribution in [0.15, 0.2) is 18.2 Å². The zero-order valence-electron chi connectivity index (χ0n) is 11.3. The summed E-state index contributed by atoms with van der Waals surface area (Å²) in [6.45, 7) is 4.47. The van der Waals surface area contributed by atoms with E-state index in [1.807, 2.05) is 0 Å². The number of rotatable bonds is 3. The standard InChI is InChI=1S/C15H20FN3/c1-2-14(19-8-4-3-5-9-19)15-17-12-7-6-11(16)10-13(12)18-15/h6-7,10,14H,2-5,8-9H2,1H3,(H,17,18). The Morgan fingerprint density at radius 3 is 2.84 bits per heavy atom. The van der Waals surface area contributed by atoms with E-state index in [4.69, 9.17) is 0 Å². The van der Waals surface area contributed by atoms with Gasteiger partial charge in [-0.1, -0.05) is 13.3 Å². The Kier molecular flexibility index (Phi) is 3.51. The van der Waals surface area contributed by atoms with Gasteiger partial charge in [-0.05, 0) is 50.6 Å². The number of nitrogens with zero attached hydrogens (tertiary/aromatic N) is 2. The molecule has 1 saturated heterocycles. The first-order valence-electron chi connectivity index (χ1n) is 7.17. The van der Waals surface area contributed by atoms with Crippen molar-refractivity contribution in [2.24, 2.45) is 0 Å². The first kappa shape index (κ1) is 12.6. The highest BCUT2D eigenvalue weighted by atomic mass is 19.1. The summed E-state index contributed by atoms with van der Waals surface area (Å²) >= 11 is 0. The number of imidazole rings is 1. The third kappa shape index (κ3) is 2.50. The van der Waals surface area contributed by atoms with E-state index in [2.05, 4.69) is 21.8 Å². The van der Waals surface area contributed by atoms with Crippen LogP contribution >= 0.6 is 0 Å². The van der Waals surface area contributed by atoms with Gasteiger partial charge in [0.1, 0.15) is 11.6 Å². The van der Waals surface area contributed by atoms with Crippen LogP contribution < -0.4 is 0 Å². The lowest BCUT2D eigenvalue weighted by Crippen LogP contribution is -2.34. The quantitative estimate of drug-likeness (QED) is 0.914. The molecule has 102 valence electrons. The highest BCUT2D eigenvalue weighted by Gasteiger charge is 2.23. The van der Waals surface area contributed by atoms with Gasteiger partial charge in [0.2, 0.25) is 0 Å². The molecule has 3 rings (SSSR count). The number of hydrogen-bond acceptors (Lipinski definition) is 2. The summed E-state index contributed by atoms with van der Waals surface area (Å²) in [7, 11) is 0. The van der Waals surface area contributed by atoms with E-state index in [0.29, 0.717) is 6.04 Å². The van der Waals surface area contributed by atoms with E-state index in [9.17, 15) is 4.39 Å². The normalized spacial score (nSPS) is 18.8. The minimum absolute atomic E-state index is 0.214. The van der Waals surface area contributed by atoms with Gasteiger partial charge < -0.3 is 4.98 Å². The van der Waals surface area contributed by atoms with Gasteiger partial charge in [0, 0.05) is 0 Å². The average Bonchev–Trinajstić information content (AvgIpc) is 2.83. The van der Waals surface area contributed by atoms with Crippen LogP contribution in [-0.4, -0.2) is 28.0 Å². The molecule has 1 aliphatic heterocycles. The van der Waals surface area contributed by atoms with Crippen LogP contribution in [0.5, 0.6) is 0 Å². The molecule has 3 nitrogen and oxygen atoms in total. The average molecular weight is 261 g/mol. The lowest BCUT2D eigenvalue weighted by molar-refractivity contribution is 0.154. The number of nitrogens with one attached hydrogen (secondary N) is 1. The molecule has 1 aromatic carbocycles. The van der Waals surface area contributed by atoms with Crippen molar-refractivity contribution < 1.29 is 4.39 Å². The number of fused-ring (bicyclic) bond motifs is 1. The molecule has 1 N–H and O–H groups in total. The van der Waals surface area contributed by atoms with Gasteiger partial charge in [-0.2, -0.15) is 0 Å². The summed E-state index contributed by atoms with van der Waals surface area (Å²) in [6, 6.07) is 5.06. The maximum Gasteiger partial charge on any atom is 0.125 e. The van der Waals surface area contributed by atoms with Crippen LogP contribution in [0, 0.1) is 5.82 Å². The predicted octanol–water partition coefficient (Wildman–Crippen LogP) is 3.64. The van der Waals surface area contributed by atoms with Crippen molar-refractivity contribution in [1.29, 1.82) is 0 Å². The molecule has 1 atom stereocenters. The molecule has 0 saturated carbocycles. The smallest absolute Gasteiger partial charge is 0.125 e. The molecule has 0 bridgehead atoms. The van der Waals surface area contributed by atoms with Crippen LogP contribution in [0.1, 0.15) is 44.5 Å². The molecule has 1 aliphatic rings. The monoisotopic (exact) mass is 261 g/mol. The van der Waals surface area contributed by atoms with Gasteiger partial charge in [0.05, 0.1) is 17.1 Å². The third-order valence-corrected chi connectivity index (χ3v) is 4.00. The molecule has 2 heterocycles. The number of likely N-dealkylation sites (tertiary alicyclic amines) is 1. The predicted molar refractivity (Wildman–Crippen MR) is 74.5 cm³/mol. The Labute approximate surface area is 112 Å². The Balaban J connectivity index is 1.91. The van der Waals surface area contributed by atoms with E-state index in [1.165, 1.54) is 31.4 Å². The first-order chi connectivity index (χ1) is 9.28. The van der Waals surface area contributed by atoms with Crippen LogP contribution in [0.4, 0.5) is 4.39 Å². The number of aromatic nitrogens is 2. The summed E-state index contributed by atoms with van der Waals surface area (Å²) in [5.41, 5.74) is 1.65. The van der Waals surface area contributed by atoms with Crippen LogP contribution in [-0.2, 0) is 0 Å². The summed E-state index contributed by atoms with van der Waals surface area (Å²) in [5, 5.41) is 0. The second kappa shape index (κ2) is 5.29. The number of benzene rings is 1. The van der Waals surface area contributed by atoms with E-state index in [1.54, 1.807) is 6.07 Å². The molecule has 0 amide bonds. The number of hydrogen-bond donors (Lipinski definition) is 1. The van der Waals surface area contributed by atoms with Gasteiger partial charge in [-0.15, -0.1) is 0 Å². The Bertz CT molecular complexity index is 558. The Morgan fingerprint density at radius 1 is 1.32 bits per heavy atom. The fourth-order valence-electron chi connectivity index (χ4n) is 3.01. The maximum atomic E-state index is 13.2. The van der Waals surface area contributed by atoms with Gasteiger partial charge in [0.15, 0.2) is 0 Å². The number of aromatic amines is 1. The molecule has 0 radical (unpaired) electrons. The van der Waals surface area contributed by atoms with Crippen molar-refractivity contribution in [1.82, 2.24) is 14.9 Å². The number of H-pyrrole nitrogens is 1. The third-order valence-electron chi connectivity index (χ3n) is 4.00. The van der Waals surface area contributed by atoms with E-state index >= 15 is 0 Å². The highest BCUT2D eigenvalue weighted by molar-refractivity contribution is 5.75. The first-order valence-corrected chi connectivity index (χ1v) is 7.17. The summed E-state index contributed by atoms with van der Waals surface area (Å²) < 4.78 is 13.2. The molecule has 1 fully saturated rings. The molecular formula is C15H20FN3. The molecule has 1 aromatic heterocycles. The largest absolute Gasteiger partial charge is 0.341 e. The fourth-order valence-corrected chi connectivity index (χ4v) is 3.01. The molecular weight excluding hydrogens is 241 g/mol. The molecule has 4 heteroatoms. The van der Waals surface area contributed by atoms with E-state index in [-0.39, 0.29) is 5.82 Å². The summed E-state index contributed by atoms with van der Waals surface area (Å²) in [5.74, 6) is 0.763. The van der Waals surface area contributed by atoms with E-state index < -0.39 is 0 Å². The van der Waals surface area contributed by atoms with Gasteiger partial charge in [0.25, 0.3) is 0 Å². The second-order valence-electron chi connectivity index (χ2n) is 5.30. The second-order valence-corrected chi connectivity index (χ2v) is 5.30. The Morgan fingerprint density at radius 2 is 2.11 bits per heavy atom. The maximum absolute atomic E-state index is 13.2. The highest BCUT2D eigenvalue weighted by Crippen LogP contribution is 2.27. The van der Waals surface area contributed by atoms with Gasteiger partial charge in [-0.25, -0.2) is 9.37 Å². The minimum Gasteiger partial charge on any atom is -0.341 e. The van der Waals surface area contributed by atoms with Crippen molar-refractivity contribution in [2.75, 3.05) is 13.1 Å². The van der Waals surface area contributed by atoms with Crippen molar-refractivity contribution in [3.63, 3.8) is 0 Å². The van der Waals surface area contributed by atoms with Crippen molar-refractivity contribution in [3.8, 4) is 0 Å². The van der Waals surface area contributed by atoms with Gasteiger partial charge >= 0.3 is 0 Å². The zero-order chi connectivity index (χ0) is 13.2. The molecule has 19 heavy (non-hydrogen) atoms. The molecule has 0 aliphatic carbocycles. The zero-order valence-corrected chi connectivity index (χ0v) is 11.3. The summed E-state index contributed by atoms with van der Waals surface area (Å²) in [6.07, 6.45) is 4.90.